The smallest absolute Gasteiger partial charge is 0.306 e. The molecule has 0 bridgehead atoms. The molecule has 1 heterocycles. The maximum atomic E-state index is 12.1. The lowest BCUT2D eigenvalue weighted by Gasteiger charge is -2.29. The summed E-state index contributed by atoms with van der Waals surface area (Å²) < 4.78 is 23.9. The molecule has 0 N–H and O–H groups in total. The molecule has 178 valence electrons. The Hall–Kier alpha value is -2.28. The lowest BCUT2D eigenvalue weighted by molar-refractivity contribution is -0.143. The van der Waals surface area contributed by atoms with Gasteiger partial charge < -0.3 is 18.9 Å². The first-order chi connectivity index (χ1) is 16.1. The third-order valence-corrected chi connectivity index (χ3v) is 7.07. The number of rotatable bonds is 10. The average Bonchev–Trinajstić information content (AvgIpc) is 3.66. The Morgan fingerprint density at radius 2 is 1.79 bits per heavy atom. The van der Waals surface area contributed by atoms with E-state index in [0.29, 0.717) is 24.8 Å². The molecule has 2 aromatic rings. The quantitative estimate of drug-likeness (QED) is 0.356. The van der Waals surface area contributed by atoms with Crippen molar-refractivity contribution in [3.05, 3.63) is 46.6 Å². The van der Waals surface area contributed by atoms with Crippen LogP contribution in [0.15, 0.2) is 41.0 Å². The van der Waals surface area contributed by atoms with E-state index in [2.05, 4.69) is 20.9 Å². The highest BCUT2D eigenvalue weighted by Crippen LogP contribution is 2.45. The SMILES string of the molecule is CCOC(=O)CC(c1ccnc(O[C@H]2CC[C@H](Oc3cc(OC)ccc3Br)CC2)c1)C1CC1. The minimum atomic E-state index is -0.130. The van der Waals surface area contributed by atoms with Crippen LogP contribution in [0, 0.1) is 5.92 Å². The highest BCUT2D eigenvalue weighted by atomic mass is 79.9. The van der Waals surface area contributed by atoms with Crippen LogP contribution < -0.4 is 14.2 Å². The molecule has 2 saturated carbocycles. The Morgan fingerprint density at radius 1 is 1.06 bits per heavy atom. The molecule has 33 heavy (non-hydrogen) atoms. The van der Waals surface area contributed by atoms with E-state index >= 15 is 0 Å². The molecule has 0 saturated heterocycles. The monoisotopic (exact) mass is 517 g/mol. The predicted molar refractivity (Wildman–Crippen MR) is 129 cm³/mol. The summed E-state index contributed by atoms with van der Waals surface area (Å²) in [6, 6.07) is 9.78. The maximum Gasteiger partial charge on any atom is 0.306 e. The van der Waals surface area contributed by atoms with Gasteiger partial charge in [0.1, 0.15) is 17.6 Å². The van der Waals surface area contributed by atoms with Crippen molar-refractivity contribution >= 4 is 21.9 Å². The fourth-order valence-electron chi connectivity index (χ4n) is 4.49. The van der Waals surface area contributed by atoms with Gasteiger partial charge in [0.25, 0.3) is 0 Å². The molecule has 2 aliphatic carbocycles. The fraction of sp³-hybridized carbons (Fsp3) is 0.538. The van der Waals surface area contributed by atoms with Crippen LogP contribution in [0.1, 0.15) is 63.4 Å². The zero-order valence-corrected chi connectivity index (χ0v) is 20.9. The zero-order chi connectivity index (χ0) is 23.2. The van der Waals surface area contributed by atoms with E-state index in [9.17, 15) is 4.79 Å². The second-order valence-corrected chi connectivity index (χ2v) is 9.67. The van der Waals surface area contributed by atoms with Crippen LogP contribution in [0.5, 0.6) is 17.4 Å². The summed E-state index contributed by atoms with van der Waals surface area (Å²) in [5.74, 6) is 2.83. The molecule has 4 rings (SSSR count). The minimum Gasteiger partial charge on any atom is -0.497 e. The first-order valence-corrected chi connectivity index (χ1v) is 12.6. The lowest BCUT2D eigenvalue weighted by Crippen LogP contribution is -2.30. The van der Waals surface area contributed by atoms with E-state index in [4.69, 9.17) is 18.9 Å². The fourth-order valence-corrected chi connectivity index (χ4v) is 4.83. The lowest BCUT2D eigenvalue weighted by atomic mass is 9.91. The second kappa shape index (κ2) is 11.2. The molecular weight excluding hydrogens is 486 g/mol. The van der Waals surface area contributed by atoms with Gasteiger partial charge in [0, 0.05) is 18.3 Å². The van der Waals surface area contributed by atoms with Crippen molar-refractivity contribution in [2.24, 2.45) is 5.92 Å². The number of carbonyl (C=O) groups excluding carboxylic acids is 1. The summed E-state index contributed by atoms with van der Waals surface area (Å²) in [5, 5.41) is 0. The minimum absolute atomic E-state index is 0.116. The number of ether oxygens (including phenoxy) is 4. The molecule has 1 atom stereocenters. The number of aromatic nitrogens is 1. The summed E-state index contributed by atoms with van der Waals surface area (Å²) in [5.41, 5.74) is 1.12. The molecule has 0 amide bonds. The number of nitrogens with zero attached hydrogens (tertiary/aromatic N) is 1. The first kappa shape index (κ1) is 23.9. The largest absolute Gasteiger partial charge is 0.497 e. The van der Waals surface area contributed by atoms with Gasteiger partial charge in [0.05, 0.1) is 30.7 Å². The van der Waals surface area contributed by atoms with Crippen molar-refractivity contribution in [3.8, 4) is 17.4 Å². The van der Waals surface area contributed by atoms with Crippen molar-refractivity contribution < 1.29 is 23.7 Å². The Morgan fingerprint density at radius 3 is 2.45 bits per heavy atom. The van der Waals surface area contributed by atoms with Crippen molar-refractivity contribution in [1.29, 1.82) is 0 Å². The van der Waals surface area contributed by atoms with E-state index in [1.807, 2.05) is 37.3 Å². The van der Waals surface area contributed by atoms with E-state index in [-0.39, 0.29) is 24.1 Å². The van der Waals surface area contributed by atoms with Gasteiger partial charge in [-0.2, -0.15) is 0 Å². The van der Waals surface area contributed by atoms with Gasteiger partial charge in [-0.15, -0.1) is 0 Å². The van der Waals surface area contributed by atoms with Crippen LogP contribution >= 0.6 is 15.9 Å². The van der Waals surface area contributed by atoms with E-state index in [1.165, 1.54) is 0 Å². The van der Waals surface area contributed by atoms with Crippen LogP contribution in [-0.4, -0.2) is 36.9 Å². The van der Waals surface area contributed by atoms with Gasteiger partial charge in [0.2, 0.25) is 5.88 Å². The highest BCUT2D eigenvalue weighted by molar-refractivity contribution is 9.10. The van der Waals surface area contributed by atoms with Crippen molar-refractivity contribution in [1.82, 2.24) is 4.98 Å². The van der Waals surface area contributed by atoms with E-state index in [1.54, 1.807) is 13.3 Å². The number of hydrogen-bond acceptors (Lipinski definition) is 6. The molecule has 1 aromatic heterocycles. The summed E-state index contributed by atoms with van der Waals surface area (Å²) in [4.78, 5) is 16.5. The van der Waals surface area contributed by atoms with Gasteiger partial charge in [-0.25, -0.2) is 4.98 Å². The van der Waals surface area contributed by atoms with Crippen molar-refractivity contribution in [2.45, 2.75) is 70.0 Å². The molecular formula is C26H32BrNO5. The van der Waals surface area contributed by atoms with Crippen LogP contribution in [0.4, 0.5) is 0 Å². The molecule has 7 heteroatoms. The molecule has 1 unspecified atom stereocenters. The summed E-state index contributed by atoms with van der Waals surface area (Å²) in [7, 11) is 1.66. The molecule has 2 fully saturated rings. The second-order valence-electron chi connectivity index (χ2n) is 8.81. The zero-order valence-electron chi connectivity index (χ0n) is 19.3. The first-order valence-electron chi connectivity index (χ1n) is 11.8. The van der Waals surface area contributed by atoms with Crippen LogP contribution in [0.2, 0.25) is 0 Å². The highest BCUT2D eigenvalue weighted by Gasteiger charge is 2.34. The molecule has 0 radical (unpaired) electrons. The van der Waals surface area contributed by atoms with Gasteiger partial charge in [-0.1, -0.05) is 0 Å². The molecule has 1 aromatic carbocycles. The summed E-state index contributed by atoms with van der Waals surface area (Å²) >= 11 is 3.56. The van der Waals surface area contributed by atoms with Crippen LogP contribution in [-0.2, 0) is 9.53 Å². The Kier molecular flexibility index (Phi) is 8.12. The Bertz CT molecular complexity index is 940. The van der Waals surface area contributed by atoms with E-state index < -0.39 is 0 Å². The normalized spacial score (nSPS) is 21.2. The van der Waals surface area contributed by atoms with Gasteiger partial charge in [-0.05, 0) is 97.0 Å². The Balaban J connectivity index is 1.32. The number of esters is 1. The summed E-state index contributed by atoms with van der Waals surface area (Å²) in [6.45, 7) is 2.26. The number of hydrogen-bond donors (Lipinski definition) is 0. The standard InChI is InChI=1S/C26H32BrNO5/c1-3-31-26(29)16-22(17-4-5-17)18-12-13-28-25(14-18)33-20-8-6-19(7-9-20)32-24-15-21(30-2)10-11-23(24)27/h10-15,17,19-20,22H,3-9,16H2,1-2H3/t19-,20-,22?. The number of carbonyl (C=O) groups is 1. The van der Waals surface area contributed by atoms with Crippen LogP contribution in [0.3, 0.4) is 0 Å². The summed E-state index contributed by atoms with van der Waals surface area (Å²) in [6.07, 6.45) is 8.46. The van der Waals surface area contributed by atoms with Gasteiger partial charge in [-0.3, -0.25) is 4.79 Å². The number of methoxy groups -OCH3 is 1. The molecule has 2 aliphatic rings. The number of pyridine rings is 1. The maximum absolute atomic E-state index is 12.1. The van der Waals surface area contributed by atoms with Gasteiger partial charge in [0.15, 0.2) is 0 Å². The van der Waals surface area contributed by atoms with Gasteiger partial charge >= 0.3 is 5.97 Å². The number of halogens is 1. The Labute approximate surface area is 204 Å². The third-order valence-electron chi connectivity index (χ3n) is 6.41. The topological polar surface area (TPSA) is 66.9 Å². The van der Waals surface area contributed by atoms with E-state index in [0.717, 1.165) is 60.1 Å². The van der Waals surface area contributed by atoms with Crippen molar-refractivity contribution in [2.75, 3.05) is 13.7 Å². The average molecular weight is 518 g/mol. The molecule has 6 nitrogen and oxygen atoms in total. The number of benzene rings is 1. The molecule has 0 spiro atoms. The molecule has 0 aliphatic heterocycles. The third kappa shape index (κ3) is 6.62. The van der Waals surface area contributed by atoms with Crippen LogP contribution in [0.25, 0.3) is 0 Å². The predicted octanol–water partition coefficient (Wildman–Crippen LogP) is 6.07. The van der Waals surface area contributed by atoms with Crippen molar-refractivity contribution in [3.63, 3.8) is 0 Å².